The van der Waals surface area contributed by atoms with E-state index in [9.17, 15) is 0 Å². The molecule has 2 aromatic rings. The van der Waals surface area contributed by atoms with Crippen molar-refractivity contribution >= 4 is 12.2 Å². The summed E-state index contributed by atoms with van der Waals surface area (Å²) in [6, 6.07) is 20.3. The van der Waals surface area contributed by atoms with Crippen LogP contribution in [0.15, 0.2) is 73.3 Å². The van der Waals surface area contributed by atoms with Crippen LogP contribution in [0.5, 0.6) is 0 Å². The summed E-state index contributed by atoms with van der Waals surface area (Å²) in [5, 5.41) is 0. The minimum Gasteiger partial charge on any atom is -0.0985 e. The first-order chi connectivity index (χ1) is 8.36. The van der Waals surface area contributed by atoms with Gasteiger partial charge in [-0.1, -0.05) is 85.5 Å². The normalized spacial score (nSPS) is 9.47. The van der Waals surface area contributed by atoms with Crippen molar-refractivity contribution in [3.63, 3.8) is 0 Å². The van der Waals surface area contributed by atoms with Crippen molar-refractivity contribution in [1.29, 1.82) is 0 Å². The van der Waals surface area contributed by atoms with E-state index in [4.69, 9.17) is 0 Å². The summed E-state index contributed by atoms with van der Waals surface area (Å²) in [7, 11) is 0. The number of hydrogen-bond acceptors (Lipinski definition) is 0. The predicted molar refractivity (Wildman–Crippen MR) is 77.7 cm³/mol. The minimum absolute atomic E-state index is 1.17. The van der Waals surface area contributed by atoms with Crippen molar-refractivity contribution in [3.05, 3.63) is 84.4 Å². The molecule has 2 aromatic carbocycles. The Morgan fingerprint density at radius 1 is 0.765 bits per heavy atom. The van der Waals surface area contributed by atoms with Gasteiger partial charge >= 0.3 is 0 Å². The largest absolute Gasteiger partial charge is 0.0985 e. The second kappa shape index (κ2) is 8.12. The Hall–Kier alpha value is -2.08. The Labute approximate surface area is 104 Å². The third-order valence-corrected chi connectivity index (χ3v) is 2.19. The third-order valence-electron chi connectivity index (χ3n) is 2.19. The summed E-state index contributed by atoms with van der Waals surface area (Å²) in [4.78, 5) is 0. The summed E-state index contributed by atoms with van der Waals surface area (Å²) in [6.45, 7) is 5.65. The predicted octanol–water partition coefficient (Wildman–Crippen LogP) is 5.05. The first-order valence-electron chi connectivity index (χ1n) is 5.72. The number of rotatable bonds is 2. The minimum atomic E-state index is 1.17. The summed E-state index contributed by atoms with van der Waals surface area (Å²) in [5.74, 6) is 0. The molecule has 0 saturated carbocycles. The maximum Gasteiger partial charge on any atom is -0.0260 e. The van der Waals surface area contributed by atoms with E-state index >= 15 is 0 Å². The molecule has 86 valence electrons. The molecule has 0 spiro atoms. The van der Waals surface area contributed by atoms with E-state index in [0.717, 1.165) is 0 Å². The average molecular weight is 222 g/mol. The average Bonchev–Trinajstić information content (AvgIpc) is 2.42. The molecular weight excluding hydrogens is 204 g/mol. The van der Waals surface area contributed by atoms with Gasteiger partial charge in [0.1, 0.15) is 0 Å². The SMILES string of the molecule is C=Cc1ccccc1.CC=Cc1ccccc1. The first kappa shape index (κ1) is 13.0. The number of benzene rings is 2. The van der Waals surface area contributed by atoms with Crippen LogP contribution in [-0.2, 0) is 0 Å². The second-order valence-corrected chi connectivity index (χ2v) is 3.53. The molecule has 0 fully saturated rings. The van der Waals surface area contributed by atoms with Crippen LogP contribution >= 0.6 is 0 Å². The molecule has 2 rings (SSSR count). The Morgan fingerprint density at radius 3 is 1.59 bits per heavy atom. The van der Waals surface area contributed by atoms with Crippen LogP contribution in [0.1, 0.15) is 18.1 Å². The molecule has 0 N–H and O–H groups in total. The van der Waals surface area contributed by atoms with Gasteiger partial charge in [-0.3, -0.25) is 0 Å². The highest BCUT2D eigenvalue weighted by atomic mass is 13.8. The van der Waals surface area contributed by atoms with Crippen LogP contribution in [0, 0.1) is 0 Å². The Kier molecular flexibility index (Phi) is 6.20. The molecule has 0 unspecified atom stereocenters. The standard InChI is InChI=1S/C9H10.C8H8/c1-2-6-9-7-4-3-5-8-9;1-2-8-6-4-3-5-7-8/h2-8H,1H3;2-7H,1H2. The Bertz CT molecular complexity index is 438. The van der Waals surface area contributed by atoms with Crippen molar-refractivity contribution in [2.75, 3.05) is 0 Å². The highest BCUT2D eigenvalue weighted by Gasteiger charge is 1.77. The molecule has 0 aliphatic carbocycles. The molecule has 17 heavy (non-hydrogen) atoms. The quantitative estimate of drug-likeness (QED) is 0.667. The number of hydrogen-bond donors (Lipinski definition) is 0. The van der Waals surface area contributed by atoms with Gasteiger partial charge in [0.2, 0.25) is 0 Å². The van der Waals surface area contributed by atoms with Gasteiger partial charge in [0.15, 0.2) is 0 Å². The topological polar surface area (TPSA) is 0 Å². The van der Waals surface area contributed by atoms with Gasteiger partial charge < -0.3 is 0 Å². The van der Waals surface area contributed by atoms with Crippen molar-refractivity contribution < 1.29 is 0 Å². The molecule has 0 radical (unpaired) electrons. The monoisotopic (exact) mass is 222 g/mol. The molecule has 0 heterocycles. The molecule has 0 aliphatic heterocycles. The van der Waals surface area contributed by atoms with E-state index in [1.807, 2.05) is 67.6 Å². The lowest BCUT2D eigenvalue weighted by atomic mass is 10.2. The molecular formula is C17H18. The van der Waals surface area contributed by atoms with Crippen LogP contribution in [0.4, 0.5) is 0 Å². The Balaban J connectivity index is 0.000000171. The van der Waals surface area contributed by atoms with Crippen molar-refractivity contribution in [1.82, 2.24) is 0 Å². The fraction of sp³-hybridized carbons (Fsp3) is 0.0588. The van der Waals surface area contributed by atoms with Gasteiger partial charge in [0, 0.05) is 0 Å². The third kappa shape index (κ3) is 5.53. The molecule has 0 saturated heterocycles. The lowest BCUT2D eigenvalue weighted by molar-refractivity contribution is 1.64. The van der Waals surface area contributed by atoms with E-state index in [1.165, 1.54) is 11.1 Å². The summed E-state index contributed by atoms with van der Waals surface area (Å²) >= 11 is 0. The molecule has 0 bridgehead atoms. The fourth-order valence-electron chi connectivity index (χ4n) is 1.35. The van der Waals surface area contributed by atoms with Crippen LogP contribution < -0.4 is 0 Å². The molecule has 0 amide bonds. The van der Waals surface area contributed by atoms with Gasteiger partial charge in [-0.25, -0.2) is 0 Å². The zero-order valence-corrected chi connectivity index (χ0v) is 10.2. The van der Waals surface area contributed by atoms with Crippen molar-refractivity contribution in [2.24, 2.45) is 0 Å². The van der Waals surface area contributed by atoms with Gasteiger partial charge in [-0.2, -0.15) is 0 Å². The van der Waals surface area contributed by atoms with Crippen LogP contribution in [0.25, 0.3) is 12.2 Å². The molecule has 0 aliphatic rings. The Morgan fingerprint density at radius 2 is 1.24 bits per heavy atom. The second-order valence-electron chi connectivity index (χ2n) is 3.53. The molecule has 0 aromatic heterocycles. The van der Waals surface area contributed by atoms with E-state index < -0.39 is 0 Å². The van der Waals surface area contributed by atoms with E-state index in [2.05, 4.69) is 24.8 Å². The lowest BCUT2D eigenvalue weighted by Gasteiger charge is -1.86. The highest BCUT2D eigenvalue weighted by Crippen LogP contribution is 1.99. The van der Waals surface area contributed by atoms with E-state index in [-0.39, 0.29) is 0 Å². The molecule has 0 nitrogen and oxygen atoms in total. The first-order valence-corrected chi connectivity index (χ1v) is 5.72. The molecule has 0 heteroatoms. The number of allylic oxidation sites excluding steroid dienone is 1. The zero-order chi connectivity index (χ0) is 12.3. The lowest BCUT2D eigenvalue weighted by Crippen LogP contribution is -1.65. The maximum atomic E-state index is 3.63. The van der Waals surface area contributed by atoms with Gasteiger partial charge in [-0.05, 0) is 18.1 Å². The van der Waals surface area contributed by atoms with Gasteiger partial charge in [-0.15, -0.1) is 0 Å². The van der Waals surface area contributed by atoms with Crippen LogP contribution in [0.2, 0.25) is 0 Å². The van der Waals surface area contributed by atoms with Gasteiger partial charge in [0.05, 0.1) is 0 Å². The van der Waals surface area contributed by atoms with E-state index in [0.29, 0.717) is 0 Å². The summed E-state index contributed by atoms with van der Waals surface area (Å²) in [5.41, 5.74) is 2.44. The maximum absolute atomic E-state index is 3.63. The summed E-state index contributed by atoms with van der Waals surface area (Å²) in [6.07, 6.45) is 5.95. The van der Waals surface area contributed by atoms with Crippen molar-refractivity contribution in [2.45, 2.75) is 6.92 Å². The zero-order valence-electron chi connectivity index (χ0n) is 10.2. The van der Waals surface area contributed by atoms with E-state index in [1.54, 1.807) is 0 Å². The van der Waals surface area contributed by atoms with Crippen molar-refractivity contribution in [3.8, 4) is 0 Å². The highest BCUT2D eigenvalue weighted by molar-refractivity contribution is 5.48. The fourth-order valence-corrected chi connectivity index (χ4v) is 1.35. The smallest absolute Gasteiger partial charge is 0.0260 e. The summed E-state index contributed by atoms with van der Waals surface area (Å²) < 4.78 is 0. The molecule has 0 atom stereocenters. The van der Waals surface area contributed by atoms with Crippen LogP contribution in [0.3, 0.4) is 0 Å². The van der Waals surface area contributed by atoms with Crippen LogP contribution in [-0.4, -0.2) is 0 Å². The van der Waals surface area contributed by atoms with Gasteiger partial charge in [0.25, 0.3) is 0 Å².